The van der Waals surface area contributed by atoms with Crippen molar-refractivity contribution in [1.82, 2.24) is 10.9 Å². The van der Waals surface area contributed by atoms with Crippen molar-refractivity contribution in [1.29, 1.82) is 0 Å². The third-order valence-corrected chi connectivity index (χ3v) is 3.64. The summed E-state index contributed by atoms with van der Waals surface area (Å²) in [4.78, 5) is 11.7. The molecule has 102 valence electrons. The minimum absolute atomic E-state index is 0.00469. The van der Waals surface area contributed by atoms with Crippen molar-refractivity contribution in [2.45, 2.75) is 40.0 Å². The molecule has 1 aromatic rings. The fourth-order valence-corrected chi connectivity index (χ4v) is 2.02. The first kappa shape index (κ1) is 13.7. The average molecular weight is 258 g/mol. The topological polar surface area (TPSA) is 41.1 Å². The lowest BCUT2D eigenvalue weighted by Gasteiger charge is -2.19. The van der Waals surface area contributed by atoms with Crippen molar-refractivity contribution in [3.05, 3.63) is 41.1 Å². The molecule has 19 heavy (non-hydrogen) atoms. The fourth-order valence-electron chi connectivity index (χ4n) is 2.02. The Labute approximate surface area is 115 Å². The van der Waals surface area contributed by atoms with Gasteiger partial charge in [-0.25, -0.2) is 0 Å². The first-order valence-electron chi connectivity index (χ1n) is 6.60. The van der Waals surface area contributed by atoms with Gasteiger partial charge in [-0.15, -0.1) is 0 Å². The predicted molar refractivity (Wildman–Crippen MR) is 78.2 cm³/mol. The Bertz CT molecular complexity index is 519. The molecule has 0 saturated carbocycles. The molecule has 1 aliphatic heterocycles. The Morgan fingerprint density at radius 2 is 1.63 bits per heavy atom. The van der Waals surface area contributed by atoms with E-state index in [-0.39, 0.29) is 11.3 Å². The maximum absolute atomic E-state index is 11.7. The number of rotatable bonds is 1. The number of hydrazine groups is 1. The number of hydrogen-bond acceptors (Lipinski definition) is 2. The van der Waals surface area contributed by atoms with E-state index in [1.54, 1.807) is 0 Å². The van der Waals surface area contributed by atoms with Crippen LogP contribution < -0.4 is 10.9 Å². The maximum atomic E-state index is 11.7. The molecule has 1 fully saturated rings. The number of hydrogen-bond donors (Lipinski definition) is 2. The zero-order valence-electron chi connectivity index (χ0n) is 12.3. The molecular weight excluding hydrogens is 236 g/mol. The van der Waals surface area contributed by atoms with Crippen LogP contribution in [0.15, 0.2) is 30.0 Å². The van der Waals surface area contributed by atoms with Crippen LogP contribution in [0.5, 0.6) is 0 Å². The monoisotopic (exact) mass is 258 g/mol. The molecule has 1 amide bonds. The second-order valence-electron chi connectivity index (χ2n) is 6.63. The Balaban J connectivity index is 2.28. The molecular formula is C16H22N2O. The van der Waals surface area contributed by atoms with Gasteiger partial charge in [0, 0.05) is 5.70 Å². The van der Waals surface area contributed by atoms with Crippen molar-refractivity contribution >= 4 is 12.0 Å². The van der Waals surface area contributed by atoms with Crippen molar-refractivity contribution in [2.24, 2.45) is 5.41 Å². The number of nitrogens with one attached hydrogen (secondary N) is 2. The van der Waals surface area contributed by atoms with E-state index in [4.69, 9.17) is 0 Å². The Kier molecular flexibility index (Phi) is 3.17. The molecule has 1 saturated heterocycles. The predicted octanol–water partition coefficient (Wildman–Crippen LogP) is 2.99. The number of amides is 1. The summed E-state index contributed by atoms with van der Waals surface area (Å²) in [5, 5.41) is 0. The second-order valence-corrected chi connectivity index (χ2v) is 6.63. The molecule has 3 heteroatoms. The molecule has 0 atom stereocenters. The van der Waals surface area contributed by atoms with Gasteiger partial charge in [0.1, 0.15) is 0 Å². The number of carbonyl (C=O) groups is 1. The van der Waals surface area contributed by atoms with Crippen LogP contribution in [0.2, 0.25) is 0 Å². The summed E-state index contributed by atoms with van der Waals surface area (Å²) in [6, 6.07) is 8.47. The summed E-state index contributed by atoms with van der Waals surface area (Å²) >= 11 is 0. The molecule has 0 spiro atoms. The average Bonchev–Trinajstić information content (AvgIpc) is 2.56. The summed E-state index contributed by atoms with van der Waals surface area (Å²) in [5.41, 5.74) is 8.58. The van der Waals surface area contributed by atoms with Gasteiger partial charge in [0.05, 0.1) is 5.41 Å². The molecule has 1 aliphatic rings. The lowest BCUT2D eigenvalue weighted by atomic mass is 9.86. The van der Waals surface area contributed by atoms with E-state index >= 15 is 0 Å². The summed E-state index contributed by atoms with van der Waals surface area (Å²) < 4.78 is 0. The summed E-state index contributed by atoms with van der Waals surface area (Å²) in [6.45, 7) is 10.4. The second kappa shape index (κ2) is 4.41. The highest BCUT2D eigenvalue weighted by atomic mass is 16.2. The Morgan fingerprint density at radius 3 is 2.05 bits per heavy atom. The van der Waals surface area contributed by atoms with Crippen molar-refractivity contribution < 1.29 is 4.79 Å². The zero-order valence-corrected chi connectivity index (χ0v) is 12.3. The quantitative estimate of drug-likeness (QED) is 0.813. The third kappa shape index (κ3) is 2.65. The SMILES string of the molecule is CC1(C)C(=O)NN/C1=C\c1ccc(C(C)(C)C)cc1. The van der Waals surface area contributed by atoms with E-state index in [0.29, 0.717) is 0 Å². The highest BCUT2D eigenvalue weighted by Gasteiger charge is 2.37. The van der Waals surface area contributed by atoms with Crippen LogP contribution in [-0.2, 0) is 10.2 Å². The first-order chi connectivity index (χ1) is 8.71. The van der Waals surface area contributed by atoms with E-state index < -0.39 is 5.41 Å². The van der Waals surface area contributed by atoms with Gasteiger partial charge in [0.2, 0.25) is 5.91 Å². The van der Waals surface area contributed by atoms with Crippen LogP contribution in [-0.4, -0.2) is 5.91 Å². The largest absolute Gasteiger partial charge is 0.302 e. The Hall–Kier alpha value is -1.77. The standard InChI is InChI=1S/C16H22N2O/c1-15(2,3)12-8-6-11(7-9-12)10-13-16(4,5)14(19)18-17-13/h6-10,17H,1-5H3,(H,18,19)/b13-10-. The molecule has 3 nitrogen and oxygen atoms in total. The lowest BCUT2D eigenvalue weighted by Crippen LogP contribution is -2.28. The van der Waals surface area contributed by atoms with E-state index in [0.717, 1.165) is 11.3 Å². The van der Waals surface area contributed by atoms with E-state index in [1.165, 1.54) is 5.56 Å². The number of benzene rings is 1. The van der Waals surface area contributed by atoms with Crippen LogP contribution in [0.1, 0.15) is 45.7 Å². The van der Waals surface area contributed by atoms with Crippen molar-refractivity contribution in [3.63, 3.8) is 0 Å². The molecule has 1 heterocycles. The minimum Gasteiger partial charge on any atom is -0.302 e. The minimum atomic E-state index is -0.497. The summed E-state index contributed by atoms with van der Waals surface area (Å²) in [7, 11) is 0. The van der Waals surface area contributed by atoms with Gasteiger partial charge >= 0.3 is 0 Å². The van der Waals surface area contributed by atoms with Gasteiger partial charge in [0.15, 0.2) is 0 Å². The van der Waals surface area contributed by atoms with Crippen LogP contribution >= 0.6 is 0 Å². The molecule has 2 N–H and O–H groups in total. The fraction of sp³-hybridized carbons (Fsp3) is 0.438. The Morgan fingerprint density at radius 1 is 1.05 bits per heavy atom. The number of carbonyl (C=O) groups excluding carboxylic acids is 1. The van der Waals surface area contributed by atoms with E-state index in [1.807, 2.05) is 19.9 Å². The van der Waals surface area contributed by atoms with Gasteiger partial charge < -0.3 is 5.43 Å². The molecule has 0 unspecified atom stereocenters. The molecule has 1 aromatic carbocycles. The highest BCUT2D eigenvalue weighted by Crippen LogP contribution is 2.30. The molecule has 0 aromatic heterocycles. The van der Waals surface area contributed by atoms with Gasteiger partial charge in [0.25, 0.3) is 0 Å². The lowest BCUT2D eigenvalue weighted by molar-refractivity contribution is -0.125. The molecule has 0 radical (unpaired) electrons. The molecule has 2 rings (SSSR count). The third-order valence-electron chi connectivity index (χ3n) is 3.64. The normalized spacial score (nSPS) is 20.3. The van der Waals surface area contributed by atoms with E-state index in [2.05, 4.69) is 55.9 Å². The van der Waals surface area contributed by atoms with Gasteiger partial charge in [-0.3, -0.25) is 10.2 Å². The highest BCUT2D eigenvalue weighted by molar-refractivity contribution is 5.89. The van der Waals surface area contributed by atoms with Gasteiger partial charge in [-0.1, -0.05) is 45.0 Å². The van der Waals surface area contributed by atoms with Crippen LogP contribution in [0, 0.1) is 5.41 Å². The van der Waals surface area contributed by atoms with Gasteiger partial charge in [-0.2, -0.15) is 0 Å². The smallest absolute Gasteiger partial charge is 0.249 e. The molecule has 0 bridgehead atoms. The van der Waals surface area contributed by atoms with Crippen molar-refractivity contribution in [2.75, 3.05) is 0 Å². The van der Waals surface area contributed by atoms with Gasteiger partial charge in [-0.05, 0) is 36.5 Å². The summed E-state index contributed by atoms with van der Waals surface area (Å²) in [6.07, 6.45) is 2.02. The van der Waals surface area contributed by atoms with E-state index in [9.17, 15) is 4.79 Å². The maximum Gasteiger partial charge on any atom is 0.249 e. The summed E-state index contributed by atoms with van der Waals surface area (Å²) in [5.74, 6) is 0.00469. The van der Waals surface area contributed by atoms with Crippen LogP contribution in [0.3, 0.4) is 0 Å². The molecule has 0 aliphatic carbocycles. The first-order valence-corrected chi connectivity index (χ1v) is 6.60. The van der Waals surface area contributed by atoms with Crippen LogP contribution in [0.25, 0.3) is 6.08 Å². The van der Waals surface area contributed by atoms with Crippen LogP contribution in [0.4, 0.5) is 0 Å². The zero-order chi connectivity index (χ0) is 14.3. The van der Waals surface area contributed by atoms with Crippen molar-refractivity contribution in [3.8, 4) is 0 Å².